The number of rotatable bonds is 5. The topological polar surface area (TPSA) is 0 Å². The fourth-order valence-corrected chi connectivity index (χ4v) is 1.32. The maximum atomic E-state index is 5.83. The number of hydrogen-bond acceptors (Lipinski definition) is 0. The Hall–Kier alpha value is 0.320. The van der Waals surface area contributed by atoms with Crippen molar-refractivity contribution in [2.75, 3.05) is 5.88 Å². The summed E-state index contributed by atoms with van der Waals surface area (Å²) in [6.07, 6.45) is 5.42. The van der Waals surface area contributed by atoms with E-state index in [1.165, 1.54) is 12.0 Å². The van der Waals surface area contributed by atoms with Gasteiger partial charge in [-0.3, -0.25) is 0 Å². The third kappa shape index (κ3) is 6.71. The molecule has 0 nitrogen and oxygen atoms in total. The van der Waals surface area contributed by atoms with Gasteiger partial charge in [-0.25, -0.2) is 0 Å². The Kier molecular flexibility index (Phi) is 7.20. The maximum Gasteiger partial charge on any atom is 0.0434 e. The molecule has 0 N–H and O–H groups in total. The molecule has 0 saturated heterocycles. The number of allylic oxidation sites excluding steroid dienone is 2. The molecule has 0 aliphatic heterocycles. The van der Waals surface area contributed by atoms with Gasteiger partial charge in [-0.05, 0) is 19.8 Å². The smallest absolute Gasteiger partial charge is 0.0434 e. The second kappa shape index (κ2) is 7.00. The van der Waals surface area contributed by atoms with E-state index in [4.69, 9.17) is 23.2 Å². The Morgan fingerprint density at radius 2 is 2.18 bits per heavy atom. The third-order valence-electron chi connectivity index (χ3n) is 1.44. The zero-order chi connectivity index (χ0) is 8.69. The molecule has 11 heavy (non-hydrogen) atoms. The zero-order valence-corrected chi connectivity index (χ0v) is 8.75. The van der Waals surface area contributed by atoms with E-state index in [1.807, 2.05) is 6.92 Å². The van der Waals surface area contributed by atoms with Gasteiger partial charge >= 0.3 is 0 Å². The Morgan fingerprint density at radius 1 is 1.55 bits per heavy atom. The third-order valence-corrected chi connectivity index (χ3v) is 1.93. The normalized spacial score (nSPS) is 15.1. The molecule has 0 heterocycles. The van der Waals surface area contributed by atoms with Crippen LogP contribution in [0.25, 0.3) is 0 Å². The average Bonchev–Trinajstić information content (AvgIpc) is 1.97. The van der Waals surface area contributed by atoms with Gasteiger partial charge in [-0.2, -0.15) is 0 Å². The summed E-state index contributed by atoms with van der Waals surface area (Å²) < 4.78 is 0. The molecule has 0 aromatic carbocycles. The van der Waals surface area contributed by atoms with Crippen LogP contribution in [0, 0.1) is 0 Å². The first-order valence-corrected chi connectivity index (χ1v) is 5.05. The van der Waals surface area contributed by atoms with Crippen molar-refractivity contribution in [3.05, 3.63) is 11.6 Å². The minimum absolute atomic E-state index is 0.205. The van der Waals surface area contributed by atoms with E-state index in [0.29, 0.717) is 5.88 Å². The summed E-state index contributed by atoms with van der Waals surface area (Å²) in [6, 6.07) is 0. The molecule has 0 bridgehead atoms. The Balaban J connectivity index is 3.73. The molecule has 0 amide bonds. The molecule has 0 rings (SSSR count). The molecule has 66 valence electrons. The molecule has 0 spiro atoms. The molecule has 1 unspecified atom stereocenters. The Bertz CT molecular complexity index is 117. The van der Waals surface area contributed by atoms with Crippen LogP contribution in [0.1, 0.15) is 33.1 Å². The molecule has 0 aliphatic carbocycles. The largest absolute Gasteiger partial charge is 0.123 e. The van der Waals surface area contributed by atoms with E-state index in [-0.39, 0.29) is 5.38 Å². The number of hydrogen-bond donors (Lipinski definition) is 0. The van der Waals surface area contributed by atoms with Gasteiger partial charge in [0.15, 0.2) is 0 Å². The summed E-state index contributed by atoms with van der Waals surface area (Å²) in [5, 5.41) is 0.205. The highest BCUT2D eigenvalue weighted by Gasteiger charge is 2.00. The molecular weight excluding hydrogens is 179 g/mol. The number of halogens is 2. The molecule has 1 atom stereocenters. The lowest BCUT2D eigenvalue weighted by atomic mass is 10.1. The van der Waals surface area contributed by atoms with Crippen molar-refractivity contribution >= 4 is 23.2 Å². The first kappa shape index (κ1) is 11.3. The van der Waals surface area contributed by atoms with Gasteiger partial charge in [0.25, 0.3) is 0 Å². The highest BCUT2D eigenvalue weighted by Crippen LogP contribution is 2.12. The predicted molar refractivity (Wildman–Crippen MR) is 53.6 cm³/mol. The lowest BCUT2D eigenvalue weighted by molar-refractivity contribution is 0.884. The van der Waals surface area contributed by atoms with Crippen molar-refractivity contribution in [2.45, 2.75) is 38.5 Å². The van der Waals surface area contributed by atoms with Crippen LogP contribution in [-0.2, 0) is 0 Å². The summed E-state index contributed by atoms with van der Waals surface area (Å²) >= 11 is 11.6. The standard InChI is InChI=1S/C9H16Cl2/c1-3-4-5-9(7-10)6-8(2)11/h5,8H,3-4,6-7H2,1-2H3/b9-5+. The molecule has 0 saturated carbocycles. The van der Waals surface area contributed by atoms with E-state index >= 15 is 0 Å². The first-order valence-electron chi connectivity index (χ1n) is 4.08. The van der Waals surface area contributed by atoms with E-state index in [1.54, 1.807) is 0 Å². The molecule has 2 heteroatoms. The van der Waals surface area contributed by atoms with Crippen LogP contribution in [0.2, 0.25) is 0 Å². The molecule has 0 radical (unpaired) electrons. The van der Waals surface area contributed by atoms with Crippen LogP contribution < -0.4 is 0 Å². The zero-order valence-electron chi connectivity index (χ0n) is 7.24. The molecular formula is C9H16Cl2. The monoisotopic (exact) mass is 194 g/mol. The van der Waals surface area contributed by atoms with E-state index in [9.17, 15) is 0 Å². The van der Waals surface area contributed by atoms with Crippen LogP contribution >= 0.6 is 23.2 Å². The van der Waals surface area contributed by atoms with Gasteiger partial charge < -0.3 is 0 Å². The number of unbranched alkanes of at least 4 members (excludes halogenated alkanes) is 1. The Labute approximate surface area is 79.6 Å². The summed E-state index contributed by atoms with van der Waals surface area (Å²) in [5.74, 6) is 0.622. The average molecular weight is 195 g/mol. The Morgan fingerprint density at radius 3 is 2.55 bits per heavy atom. The van der Waals surface area contributed by atoms with Crippen LogP contribution in [0.3, 0.4) is 0 Å². The summed E-state index contributed by atoms with van der Waals surface area (Å²) in [4.78, 5) is 0. The quantitative estimate of drug-likeness (QED) is 0.460. The van der Waals surface area contributed by atoms with E-state index < -0.39 is 0 Å². The van der Waals surface area contributed by atoms with Crippen molar-refractivity contribution in [3.8, 4) is 0 Å². The summed E-state index contributed by atoms with van der Waals surface area (Å²) in [5.41, 5.74) is 1.27. The van der Waals surface area contributed by atoms with Gasteiger partial charge in [0.2, 0.25) is 0 Å². The minimum Gasteiger partial charge on any atom is -0.123 e. The molecule has 0 fully saturated rings. The molecule has 0 aromatic heterocycles. The fraction of sp³-hybridized carbons (Fsp3) is 0.778. The second-order valence-corrected chi connectivity index (χ2v) is 3.78. The van der Waals surface area contributed by atoms with Crippen molar-refractivity contribution < 1.29 is 0 Å². The van der Waals surface area contributed by atoms with Gasteiger partial charge in [0.05, 0.1) is 0 Å². The summed E-state index contributed by atoms with van der Waals surface area (Å²) in [7, 11) is 0. The lowest BCUT2D eigenvalue weighted by Gasteiger charge is -2.04. The molecule has 0 aliphatic rings. The predicted octanol–water partition coefficient (Wildman–Crippen LogP) is 3.97. The fourth-order valence-electron chi connectivity index (χ4n) is 0.902. The number of alkyl halides is 2. The van der Waals surface area contributed by atoms with Crippen LogP contribution in [0.4, 0.5) is 0 Å². The van der Waals surface area contributed by atoms with Gasteiger partial charge in [-0.15, -0.1) is 23.2 Å². The SMILES string of the molecule is CCC/C=C(/CCl)CC(C)Cl. The van der Waals surface area contributed by atoms with Crippen LogP contribution in [0.5, 0.6) is 0 Å². The first-order chi connectivity index (χ1) is 5.20. The van der Waals surface area contributed by atoms with Crippen molar-refractivity contribution in [1.29, 1.82) is 0 Å². The van der Waals surface area contributed by atoms with Gasteiger partial charge in [0, 0.05) is 11.3 Å². The van der Waals surface area contributed by atoms with E-state index in [2.05, 4.69) is 13.0 Å². The maximum absolute atomic E-state index is 5.83. The lowest BCUT2D eigenvalue weighted by Crippen LogP contribution is -1.95. The van der Waals surface area contributed by atoms with Gasteiger partial charge in [0.1, 0.15) is 0 Å². The van der Waals surface area contributed by atoms with Crippen LogP contribution in [0.15, 0.2) is 11.6 Å². The van der Waals surface area contributed by atoms with Crippen LogP contribution in [-0.4, -0.2) is 11.3 Å². The molecule has 0 aromatic rings. The second-order valence-electron chi connectivity index (χ2n) is 2.77. The van der Waals surface area contributed by atoms with E-state index in [0.717, 1.165) is 12.8 Å². The minimum atomic E-state index is 0.205. The van der Waals surface area contributed by atoms with Gasteiger partial charge in [-0.1, -0.05) is 25.0 Å². The highest BCUT2D eigenvalue weighted by atomic mass is 35.5. The highest BCUT2D eigenvalue weighted by molar-refractivity contribution is 6.21. The van der Waals surface area contributed by atoms with Crippen molar-refractivity contribution in [2.24, 2.45) is 0 Å². The van der Waals surface area contributed by atoms with Crippen molar-refractivity contribution in [3.63, 3.8) is 0 Å². The summed E-state index contributed by atoms with van der Waals surface area (Å²) in [6.45, 7) is 4.15. The van der Waals surface area contributed by atoms with Crippen molar-refractivity contribution in [1.82, 2.24) is 0 Å².